The van der Waals surface area contributed by atoms with Crippen molar-refractivity contribution in [1.29, 1.82) is 0 Å². The van der Waals surface area contributed by atoms with Crippen molar-refractivity contribution in [3.63, 3.8) is 0 Å². The number of nitrogens with one attached hydrogen (secondary N) is 1. The molecule has 0 saturated carbocycles. The molecule has 0 heterocycles. The summed E-state index contributed by atoms with van der Waals surface area (Å²) >= 11 is 3.59. The van der Waals surface area contributed by atoms with E-state index in [4.69, 9.17) is 0 Å². The molecule has 0 aliphatic rings. The fraction of sp³-hybridized carbons (Fsp3) is 0.600. The number of hydrogen-bond acceptors (Lipinski definition) is 3. The van der Waals surface area contributed by atoms with E-state index in [0.29, 0.717) is 6.42 Å². The lowest BCUT2D eigenvalue weighted by Crippen LogP contribution is -2.22. The normalized spacial score (nSPS) is 13.4. The molecule has 0 radical (unpaired) electrons. The van der Waals surface area contributed by atoms with E-state index in [9.17, 15) is 8.42 Å². The summed E-state index contributed by atoms with van der Waals surface area (Å²) in [5.74, 6) is 0.502. The Morgan fingerprint density at radius 1 is 1.30 bits per heavy atom. The summed E-state index contributed by atoms with van der Waals surface area (Å²) in [6, 6.07) is 6.48. The van der Waals surface area contributed by atoms with Gasteiger partial charge in [-0.25, -0.2) is 8.42 Å². The second-order valence-corrected chi connectivity index (χ2v) is 8.34. The maximum Gasteiger partial charge on any atom is 0.150 e. The van der Waals surface area contributed by atoms with Crippen LogP contribution in [0, 0.1) is 6.92 Å². The van der Waals surface area contributed by atoms with Crippen molar-refractivity contribution in [2.45, 2.75) is 39.7 Å². The molecular formula is C15H24BrNO2S. The SMILES string of the molecule is CCNC(CCCS(=O)(=O)CC)c1cc(C)ccc1Br. The fourth-order valence-electron chi connectivity index (χ4n) is 2.20. The minimum atomic E-state index is -2.87. The van der Waals surface area contributed by atoms with Crippen molar-refractivity contribution >= 4 is 25.8 Å². The Balaban J connectivity index is 2.76. The summed E-state index contributed by atoms with van der Waals surface area (Å²) in [4.78, 5) is 0. The number of hydrogen-bond donors (Lipinski definition) is 1. The van der Waals surface area contributed by atoms with Crippen LogP contribution < -0.4 is 5.32 Å². The van der Waals surface area contributed by atoms with Crippen molar-refractivity contribution in [2.24, 2.45) is 0 Å². The van der Waals surface area contributed by atoms with E-state index >= 15 is 0 Å². The van der Waals surface area contributed by atoms with Gasteiger partial charge in [-0.05, 0) is 37.9 Å². The maximum absolute atomic E-state index is 11.6. The molecule has 1 rings (SSSR count). The number of aryl methyl sites for hydroxylation is 1. The molecule has 1 aromatic rings. The Morgan fingerprint density at radius 2 is 2.00 bits per heavy atom. The van der Waals surface area contributed by atoms with Crippen molar-refractivity contribution < 1.29 is 8.42 Å². The highest BCUT2D eigenvalue weighted by atomic mass is 79.9. The largest absolute Gasteiger partial charge is 0.310 e. The first kappa shape index (κ1) is 17.7. The molecule has 0 aromatic heterocycles. The zero-order valence-corrected chi connectivity index (χ0v) is 14.9. The van der Waals surface area contributed by atoms with E-state index in [1.54, 1.807) is 6.92 Å². The van der Waals surface area contributed by atoms with Gasteiger partial charge in [0, 0.05) is 16.3 Å². The quantitative estimate of drug-likeness (QED) is 0.768. The monoisotopic (exact) mass is 361 g/mol. The lowest BCUT2D eigenvalue weighted by molar-refractivity contribution is 0.505. The van der Waals surface area contributed by atoms with Crippen LogP contribution in [0.3, 0.4) is 0 Å². The number of rotatable bonds is 8. The van der Waals surface area contributed by atoms with E-state index in [-0.39, 0.29) is 17.5 Å². The topological polar surface area (TPSA) is 46.2 Å². The van der Waals surface area contributed by atoms with Crippen LogP contribution in [0.1, 0.15) is 43.9 Å². The molecule has 0 bridgehead atoms. The third-order valence-corrected chi connectivity index (χ3v) is 5.88. The molecule has 0 fully saturated rings. The Bertz CT molecular complexity index is 529. The third-order valence-electron chi connectivity index (χ3n) is 3.37. The van der Waals surface area contributed by atoms with Crippen molar-refractivity contribution in [1.82, 2.24) is 5.32 Å². The van der Waals surface area contributed by atoms with Gasteiger partial charge in [-0.15, -0.1) is 0 Å². The van der Waals surface area contributed by atoms with Gasteiger partial charge in [0.1, 0.15) is 9.84 Å². The number of sulfone groups is 1. The van der Waals surface area contributed by atoms with Crippen molar-refractivity contribution in [3.05, 3.63) is 33.8 Å². The molecular weight excluding hydrogens is 338 g/mol. The van der Waals surface area contributed by atoms with Crippen LogP contribution in [0.2, 0.25) is 0 Å². The average molecular weight is 362 g/mol. The van der Waals surface area contributed by atoms with Crippen LogP contribution >= 0.6 is 15.9 Å². The van der Waals surface area contributed by atoms with E-state index in [2.05, 4.69) is 53.3 Å². The Morgan fingerprint density at radius 3 is 2.60 bits per heavy atom. The molecule has 1 aromatic carbocycles. The van der Waals surface area contributed by atoms with Gasteiger partial charge in [0.05, 0.1) is 5.75 Å². The van der Waals surface area contributed by atoms with Crippen LogP contribution in [0.15, 0.2) is 22.7 Å². The van der Waals surface area contributed by atoms with Gasteiger partial charge in [-0.2, -0.15) is 0 Å². The molecule has 20 heavy (non-hydrogen) atoms. The molecule has 0 amide bonds. The van der Waals surface area contributed by atoms with E-state index in [0.717, 1.165) is 17.4 Å². The molecule has 1 unspecified atom stereocenters. The second kappa shape index (κ2) is 8.15. The molecule has 3 nitrogen and oxygen atoms in total. The van der Waals surface area contributed by atoms with Gasteiger partial charge >= 0.3 is 0 Å². The molecule has 0 spiro atoms. The Hall–Kier alpha value is -0.390. The highest BCUT2D eigenvalue weighted by molar-refractivity contribution is 9.10. The predicted octanol–water partition coefficient (Wildman–Crippen LogP) is 3.62. The molecule has 5 heteroatoms. The lowest BCUT2D eigenvalue weighted by Gasteiger charge is -2.20. The van der Waals surface area contributed by atoms with Gasteiger partial charge in [-0.1, -0.05) is 47.5 Å². The van der Waals surface area contributed by atoms with Crippen LogP contribution in [0.5, 0.6) is 0 Å². The maximum atomic E-state index is 11.6. The zero-order chi connectivity index (χ0) is 15.2. The van der Waals surface area contributed by atoms with E-state index in [1.165, 1.54) is 11.1 Å². The predicted molar refractivity (Wildman–Crippen MR) is 88.9 cm³/mol. The van der Waals surface area contributed by atoms with Crippen molar-refractivity contribution in [2.75, 3.05) is 18.1 Å². The summed E-state index contributed by atoms with van der Waals surface area (Å²) in [6.45, 7) is 6.71. The summed E-state index contributed by atoms with van der Waals surface area (Å²) in [5, 5.41) is 3.45. The molecule has 0 aliphatic carbocycles. The van der Waals surface area contributed by atoms with E-state index in [1.807, 2.05) is 0 Å². The molecule has 114 valence electrons. The first-order valence-electron chi connectivity index (χ1n) is 7.09. The number of benzene rings is 1. The molecule has 1 atom stereocenters. The molecule has 0 saturated heterocycles. The van der Waals surface area contributed by atoms with E-state index < -0.39 is 9.84 Å². The summed E-state index contributed by atoms with van der Waals surface area (Å²) in [7, 11) is -2.87. The molecule has 1 N–H and O–H groups in total. The van der Waals surface area contributed by atoms with Gasteiger partial charge in [0.15, 0.2) is 0 Å². The first-order valence-corrected chi connectivity index (χ1v) is 9.71. The highest BCUT2D eigenvalue weighted by Crippen LogP contribution is 2.27. The Labute approximate surface area is 131 Å². The standard InChI is InChI=1S/C15H24BrNO2S/c1-4-17-15(7-6-10-20(18,19)5-2)13-11-12(3)8-9-14(13)16/h8-9,11,15,17H,4-7,10H2,1-3H3. The summed E-state index contributed by atoms with van der Waals surface area (Å²) in [6.07, 6.45) is 1.52. The van der Waals surface area contributed by atoms with Crippen LogP contribution in [0.25, 0.3) is 0 Å². The van der Waals surface area contributed by atoms with Gasteiger partial charge in [0.2, 0.25) is 0 Å². The fourth-order valence-corrected chi connectivity index (χ4v) is 3.61. The van der Waals surface area contributed by atoms with Crippen LogP contribution in [0.4, 0.5) is 0 Å². The summed E-state index contributed by atoms with van der Waals surface area (Å²) in [5.41, 5.74) is 2.42. The third kappa shape index (κ3) is 5.54. The summed E-state index contributed by atoms with van der Waals surface area (Å²) < 4.78 is 24.2. The van der Waals surface area contributed by atoms with Crippen LogP contribution in [-0.2, 0) is 9.84 Å². The first-order chi connectivity index (χ1) is 9.39. The minimum Gasteiger partial charge on any atom is -0.310 e. The number of halogens is 1. The smallest absolute Gasteiger partial charge is 0.150 e. The average Bonchev–Trinajstić information content (AvgIpc) is 2.40. The van der Waals surface area contributed by atoms with Crippen molar-refractivity contribution in [3.8, 4) is 0 Å². The zero-order valence-electron chi connectivity index (χ0n) is 12.4. The highest BCUT2D eigenvalue weighted by Gasteiger charge is 2.15. The van der Waals surface area contributed by atoms with Crippen LogP contribution in [-0.4, -0.2) is 26.5 Å². The molecule has 0 aliphatic heterocycles. The van der Waals surface area contributed by atoms with Gasteiger partial charge < -0.3 is 5.32 Å². The van der Waals surface area contributed by atoms with Gasteiger partial charge in [-0.3, -0.25) is 0 Å². The second-order valence-electron chi connectivity index (χ2n) is 5.01. The minimum absolute atomic E-state index is 0.196. The Kier molecular flexibility index (Phi) is 7.20. The van der Waals surface area contributed by atoms with Gasteiger partial charge in [0.25, 0.3) is 0 Å². The lowest BCUT2D eigenvalue weighted by atomic mass is 10.0.